The van der Waals surface area contributed by atoms with Crippen LogP contribution >= 0.6 is 0 Å². The number of piperidine rings is 1. The Balaban J connectivity index is 1.58. The summed E-state index contributed by atoms with van der Waals surface area (Å²) in [7, 11) is 3.94. The van der Waals surface area contributed by atoms with E-state index in [4.69, 9.17) is 0 Å². The van der Waals surface area contributed by atoms with E-state index in [2.05, 4.69) is 15.3 Å². The van der Waals surface area contributed by atoms with Crippen LogP contribution in [0.5, 0.6) is 0 Å². The predicted octanol–water partition coefficient (Wildman–Crippen LogP) is 1.96. The fourth-order valence-electron chi connectivity index (χ4n) is 3.24. The molecule has 0 unspecified atom stereocenters. The van der Waals surface area contributed by atoms with Crippen LogP contribution < -0.4 is 10.9 Å². The van der Waals surface area contributed by atoms with Crippen molar-refractivity contribution in [3.63, 3.8) is 0 Å². The van der Waals surface area contributed by atoms with Gasteiger partial charge in [0.1, 0.15) is 5.69 Å². The third-order valence-electron chi connectivity index (χ3n) is 4.81. The minimum Gasteiger partial charge on any atom is -0.378 e. The molecule has 1 aliphatic heterocycles. The molecule has 2 aromatic heterocycles. The van der Waals surface area contributed by atoms with Crippen molar-refractivity contribution in [1.82, 2.24) is 19.8 Å². The van der Waals surface area contributed by atoms with Gasteiger partial charge in [-0.2, -0.15) is 0 Å². The lowest BCUT2D eigenvalue weighted by molar-refractivity contribution is -0.126. The Bertz CT molecular complexity index is 868. The lowest BCUT2D eigenvalue weighted by Gasteiger charge is -2.32. The number of pyridine rings is 2. The summed E-state index contributed by atoms with van der Waals surface area (Å²) in [5.41, 5.74) is 2.36. The number of hydrogen-bond acceptors (Lipinski definition) is 5. The summed E-state index contributed by atoms with van der Waals surface area (Å²) in [5, 5.41) is 3.35. The number of nitrogens with zero attached hydrogens (tertiary/aromatic N) is 3. The molecule has 1 aliphatic rings. The molecule has 2 N–H and O–H groups in total. The van der Waals surface area contributed by atoms with Crippen molar-refractivity contribution < 1.29 is 4.79 Å². The van der Waals surface area contributed by atoms with E-state index >= 15 is 0 Å². The van der Waals surface area contributed by atoms with Gasteiger partial charge in [0.15, 0.2) is 0 Å². The van der Waals surface area contributed by atoms with Crippen molar-refractivity contribution >= 4 is 11.6 Å². The van der Waals surface area contributed by atoms with Crippen molar-refractivity contribution in [2.75, 3.05) is 39.0 Å². The van der Waals surface area contributed by atoms with E-state index < -0.39 is 0 Å². The van der Waals surface area contributed by atoms with Crippen LogP contribution in [0.4, 0.5) is 5.69 Å². The van der Waals surface area contributed by atoms with Gasteiger partial charge in [0.25, 0.3) is 5.56 Å². The van der Waals surface area contributed by atoms with E-state index in [9.17, 15) is 9.59 Å². The van der Waals surface area contributed by atoms with Gasteiger partial charge in [-0.05, 0) is 50.7 Å². The number of aromatic nitrogens is 2. The number of carbonyl (C=O) groups is 1. The van der Waals surface area contributed by atoms with Gasteiger partial charge in [0.2, 0.25) is 5.91 Å². The van der Waals surface area contributed by atoms with E-state index in [1.165, 1.54) is 0 Å². The monoisotopic (exact) mass is 381 g/mol. The molecule has 7 heteroatoms. The molecular formula is C21H27N5O2. The van der Waals surface area contributed by atoms with Gasteiger partial charge in [-0.25, -0.2) is 0 Å². The second-order valence-electron chi connectivity index (χ2n) is 7.28. The van der Waals surface area contributed by atoms with Crippen LogP contribution in [0.3, 0.4) is 0 Å². The Hall–Kier alpha value is -2.93. The lowest BCUT2D eigenvalue weighted by Crippen LogP contribution is -2.42. The van der Waals surface area contributed by atoms with Gasteiger partial charge in [-0.15, -0.1) is 0 Å². The Kier molecular flexibility index (Phi) is 6.60. The fourth-order valence-corrected chi connectivity index (χ4v) is 3.24. The predicted molar refractivity (Wildman–Crippen MR) is 111 cm³/mol. The third-order valence-corrected chi connectivity index (χ3v) is 4.81. The number of rotatable bonds is 6. The molecule has 2 aromatic rings. The zero-order valence-electron chi connectivity index (χ0n) is 16.4. The molecule has 28 heavy (non-hydrogen) atoms. The molecule has 1 fully saturated rings. The van der Waals surface area contributed by atoms with Crippen LogP contribution in [0.2, 0.25) is 0 Å². The van der Waals surface area contributed by atoms with Crippen molar-refractivity contribution in [3.8, 4) is 11.1 Å². The Labute approximate surface area is 165 Å². The third kappa shape index (κ3) is 5.29. The molecule has 0 saturated carbocycles. The van der Waals surface area contributed by atoms with Gasteiger partial charge < -0.3 is 20.1 Å². The summed E-state index contributed by atoms with van der Waals surface area (Å²) in [6.07, 6.45) is 10.3. The minimum absolute atomic E-state index is 0.0535. The number of anilines is 1. The number of nitrogens with one attached hydrogen (secondary N) is 2. The highest BCUT2D eigenvalue weighted by Crippen LogP contribution is 2.21. The molecule has 0 spiro atoms. The Morgan fingerprint density at radius 3 is 2.68 bits per heavy atom. The summed E-state index contributed by atoms with van der Waals surface area (Å²) in [5.74, 6) is 0.0535. The molecule has 0 aromatic carbocycles. The maximum Gasteiger partial charge on any atom is 0.271 e. The molecule has 0 aliphatic carbocycles. The molecule has 0 radical (unpaired) electrons. The number of amides is 1. The fraction of sp³-hybridized carbons (Fsp3) is 0.381. The molecule has 0 bridgehead atoms. The lowest BCUT2D eigenvalue weighted by atomic mass is 10.0. The number of carbonyl (C=O) groups excluding carboxylic acids is 1. The van der Waals surface area contributed by atoms with Crippen molar-refractivity contribution in [1.29, 1.82) is 0 Å². The maximum absolute atomic E-state index is 12.2. The summed E-state index contributed by atoms with van der Waals surface area (Å²) < 4.78 is 0. The first kappa shape index (κ1) is 19.8. The smallest absolute Gasteiger partial charge is 0.271 e. The quantitative estimate of drug-likeness (QED) is 0.748. The highest BCUT2D eigenvalue weighted by atomic mass is 16.2. The number of H-pyrrole nitrogens is 1. The Morgan fingerprint density at radius 2 is 2.00 bits per heavy atom. The van der Waals surface area contributed by atoms with Gasteiger partial charge in [-0.3, -0.25) is 14.6 Å². The van der Waals surface area contributed by atoms with Crippen LogP contribution in [-0.2, 0) is 4.79 Å². The van der Waals surface area contributed by atoms with Crippen molar-refractivity contribution in [2.45, 2.75) is 18.9 Å². The van der Waals surface area contributed by atoms with E-state index in [-0.39, 0.29) is 17.5 Å². The molecule has 3 heterocycles. The molecule has 0 atom stereocenters. The molecule has 1 amide bonds. The number of likely N-dealkylation sites (N-methyl/N-ethyl adjacent to an activating group) is 1. The second kappa shape index (κ2) is 9.32. The topological polar surface area (TPSA) is 81.3 Å². The first-order chi connectivity index (χ1) is 13.5. The van der Waals surface area contributed by atoms with Crippen LogP contribution in [-0.4, -0.2) is 65.4 Å². The second-order valence-corrected chi connectivity index (χ2v) is 7.28. The zero-order chi connectivity index (χ0) is 19.9. The van der Waals surface area contributed by atoms with Gasteiger partial charge in [0.05, 0.1) is 0 Å². The number of hydrogen-bond donors (Lipinski definition) is 2. The van der Waals surface area contributed by atoms with Gasteiger partial charge >= 0.3 is 0 Å². The number of aromatic amines is 1. The van der Waals surface area contributed by atoms with Gasteiger partial charge in [0, 0.05) is 55.9 Å². The zero-order valence-corrected chi connectivity index (χ0v) is 16.4. The number of likely N-dealkylation sites (tertiary alicyclic amines) is 1. The van der Waals surface area contributed by atoms with Crippen molar-refractivity contribution in [2.24, 2.45) is 0 Å². The van der Waals surface area contributed by atoms with Crippen molar-refractivity contribution in [3.05, 3.63) is 59.3 Å². The van der Waals surface area contributed by atoms with Crippen LogP contribution in [0.1, 0.15) is 12.8 Å². The van der Waals surface area contributed by atoms with Crippen LogP contribution in [0.25, 0.3) is 11.1 Å². The summed E-state index contributed by atoms with van der Waals surface area (Å²) in [6, 6.07) is 5.86. The molecule has 148 valence electrons. The maximum atomic E-state index is 12.2. The molecule has 1 saturated heterocycles. The SMILES string of the molecule is CN(C)CC=CC(=O)N1CCC(Nc2cc(-c3ccncc3)c[nH]c2=O)CC1. The first-order valence-corrected chi connectivity index (χ1v) is 9.53. The summed E-state index contributed by atoms with van der Waals surface area (Å²) in [6.45, 7) is 2.12. The summed E-state index contributed by atoms with van der Waals surface area (Å²) in [4.78, 5) is 35.2. The minimum atomic E-state index is -0.136. The van der Waals surface area contributed by atoms with Crippen LogP contribution in [0, 0.1) is 0 Å². The van der Waals surface area contributed by atoms with E-state index in [1.807, 2.05) is 48.2 Å². The highest BCUT2D eigenvalue weighted by molar-refractivity contribution is 5.87. The van der Waals surface area contributed by atoms with E-state index in [0.29, 0.717) is 18.8 Å². The standard InChI is InChI=1S/C21H27N5O2/c1-25(2)11-3-4-20(27)26-12-7-18(8-13-26)24-19-14-17(15-23-21(19)28)16-5-9-22-10-6-16/h3-6,9-10,14-15,18,24H,7-8,11-13H2,1-2H3,(H,23,28). The highest BCUT2D eigenvalue weighted by Gasteiger charge is 2.22. The first-order valence-electron chi connectivity index (χ1n) is 9.53. The van der Waals surface area contributed by atoms with E-state index in [1.54, 1.807) is 24.7 Å². The van der Waals surface area contributed by atoms with E-state index in [0.717, 1.165) is 30.5 Å². The Morgan fingerprint density at radius 1 is 1.29 bits per heavy atom. The summed E-state index contributed by atoms with van der Waals surface area (Å²) >= 11 is 0. The van der Waals surface area contributed by atoms with Crippen LogP contribution in [0.15, 0.2) is 53.7 Å². The largest absolute Gasteiger partial charge is 0.378 e. The average Bonchev–Trinajstić information content (AvgIpc) is 2.70. The average molecular weight is 381 g/mol. The normalized spacial score (nSPS) is 15.3. The molecule has 7 nitrogen and oxygen atoms in total. The molecule has 3 rings (SSSR count). The van der Waals surface area contributed by atoms with Gasteiger partial charge in [-0.1, -0.05) is 6.08 Å². The molecular weight excluding hydrogens is 354 g/mol.